The lowest BCUT2D eigenvalue weighted by atomic mass is 10.1. The van der Waals surface area contributed by atoms with E-state index in [0.717, 1.165) is 5.69 Å². The van der Waals surface area contributed by atoms with Crippen molar-refractivity contribution in [2.24, 2.45) is 0 Å². The Hall–Kier alpha value is -2.63. The lowest BCUT2D eigenvalue weighted by molar-refractivity contribution is -0.384. The Kier molecular flexibility index (Phi) is 3.61. The zero-order chi connectivity index (χ0) is 13.8. The van der Waals surface area contributed by atoms with Gasteiger partial charge in [-0.05, 0) is 12.1 Å². The van der Waals surface area contributed by atoms with E-state index in [2.05, 4.69) is 5.32 Å². The maximum Gasteiger partial charge on any atom is 0.269 e. The van der Waals surface area contributed by atoms with Gasteiger partial charge in [0.1, 0.15) is 0 Å². The van der Waals surface area contributed by atoms with Gasteiger partial charge in [-0.25, -0.2) is 0 Å². The fourth-order valence-electron chi connectivity index (χ4n) is 1.84. The minimum atomic E-state index is -0.448. The molecule has 6 nitrogen and oxygen atoms in total. The fourth-order valence-corrected chi connectivity index (χ4v) is 1.84. The van der Waals surface area contributed by atoms with Gasteiger partial charge in [0.25, 0.3) is 11.2 Å². The van der Waals surface area contributed by atoms with Crippen molar-refractivity contribution >= 4 is 11.4 Å². The second kappa shape index (κ2) is 5.34. The average Bonchev–Trinajstić information content (AvgIpc) is 2.41. The number of nitrogens with zero attached hydrogens (tertiary/aromatic N) is 2. The molecule has 0 aliphatic carbocycles. The Morgan fingerprint density at radius 2 is 2.11 bits per heavy atom. The minimum absolute atomic E-state index is 0.0120. The standard InChI is InChI=1S/C13H13N3O3/c1-14-12-6-5-11(16(18)19)8-10(12)9-15-7-3-2-4-13(15)17/h2-8,14H,9H2,1H3. The molecule has 1 N–H and O–H groups in total. The first-order chi connectivity index (χ1) is 9.11. The molecular weight excluding hydrogens is 246 g/mol. The van der Waals surface area contributed by atoms with Crippen LogP contribution in [0.1, 0.15) is 5.56 Å². The zero-order valence-corrected chi connectivity index (χ0v) is 10.4. The highest BCUT2D eigenvalue weighted by molar-refractivity contribution is 5.55. The predicted molar refractivity (Wildman–Crippen MR) is 72.4 cm³/mol. The summed E-state index contributed by atoms with van der Waals surface area (Å²) in [6.45, 7) is 0.289. The lowest BCUT2D eigenvalue weighted by Gasteiger charge is -2.10. The smallest absolute Gasteiger partial charge is 0.269 e. The summed E-state index contributed by atoms with van der Waals surface area (Å²) in [6.07, 6.45) is 1.65. The fraction of sp³-hybridized carbons (Fsp3) is 0.154. The van der Waals surface area contributed by atoms with Crippen LogP contribution < -0.4 is 10.9 Å². The second-order valence-corrected chi connectivity index (χ2v) is 4.02. The summed E-state index contributed by atoms with van der Waals surface area (Å²) in [4.78, 5) is 22.0. The van der Waals surface area contributed by atoms with E-state index in [1.807, 2.05) is 0 Å². The highest BCUT2D eigenvalue weighted by atomic mass is 16.6. The number of nitro groups is 1. The van der Waals surface area contributed by atoms with Crippen LogP contribution in [0.2, 0.25) is 0 Å². The molecule has 0 bridgehead atoms. The average molecular weight is 259 g/mol. The number of rotatable bonds is 4. The molecule has 0 fully saturated rings. The number of benzene rings is 1. The third-order valence-corrected chi connectivity index (χ3v) is 2.81. The number of aromatic nitrogens is 1. The molecule has 0 saturated carbocycles. The molecule has 0 unspecified atom stereocenters. The monoisotopic (exact) mass is 259 g/mol. The van der Waals surface area contributed by atoms with Crippen molar-refractivity contribution in [3.05, 3.63) is 68.6 Å². The van der Waals surface area contributed by atoms with Gasteiger partial charge >= 0.3 is 0 Å². The Labute approximate surface area is 109 Å². The van der Waals surface area contributed by atoms with Gasteiger partial charge in [-0.15, -0.1) is 0 Å². The quantitative estimate of drug-likeness (QED) is 0.671. The summed E-state index contributed by atoms with van der Waals surface area (Å²) in [5.74, 6) is 0. The van der Waals surface area contributed by atoms with Crippen LogP contribution >= 0.6 is 0 Å². The Morgan fingerprint density at radius 3 is 2.74 bits per heavy atom. The van der Waals surface area contributed by atoms with Gasteiger partial charge in [0, 0.05) is 42.7 Å². The lowest BCUT2D eigenvalue weighted by Crippen LogP contribution is -2.18. The summed E-state index contributed by atoms with van der Waals surface area (Å²) in [7, 11) is 1.73. The first-order valence-corrected chi connectivity index (χ1v) is 5.72. The van der Waals surface area contributed by atoms with Gasteiger partial charge in [-0.3, -0.25) is 14.9 Å². The highest BCUT2D eigenvalue weighted by Crippen LogP contribution is 2.22. The molecule has 1 heterocycles. The number of nitrogens with one attached hydrogen (secondary N) is 1. The number of non-ortho nitro benzene ring substituents is 1. The van der Waals surface area contributed by atoms with E-state index in [4.69, 9.17) is 0 Å². The molecule has 0 amide bonds. The molecule has 2 rings (SSSR count). The molecule has 98 valence electrons. The second-order valence-electron chi connectivity index (χ2n) is 4.02. The van der Waals surface area contributed by atoms with E-state index in [9.17, 15) is 14.9 Å². The van der Waals surface area contributed by atoms with Crippen molar-refractivity contribution in [2.45, 2.75) is 6.54 Å². The summed E-state index contributed by atoms with van der Waals surface area (Å²) >= 11 is 0. The van der Waals surface area contributed by atoms with Crippen molar-refractivity contribution in [3.8, 4) is 0 Å². The minimum Gasteiger partial charge on any atom is -0.388 e. The van der Waals surface area contributed by atoms with Crippen LogP contribution in [-0.4, -0.2) is 16.5 Å². The van der Waals surface area contributed by atoms with E-state index in [1.165, 1.54) is 22.8 Å². The SMILES string of the molecule is CNc1ccc([N+](=O)[O-])cc1Cn1ccccc1=O. The van der Waals surface area contributed by atoms with Gasteiger partial charge < -0.3 is 9.88 Å². The third kappa shape index (κ3) is 2.79. The normalized spacial score (nSPS) is 10.2. The first kappa shape index (κ1) is 12.8. The molecule has 0 aliphatic heterocycles. The Balaban J connectivity index is 2.43. The molecule has 2 aromatic rings. The van der Waals surface area contributed by atoms with E-state index in [1.54, 1.807) is 31.4 Å². The predicted octanol–water partition coefficient (Wildman–Crippen LogP) is 1.85. The molecule has 0 atom stereocenters. The highest BCUT2D eigenvalue weighted by Gasteiger charge is 2.10. The van der Waals surface area contributed by atoms with Crippen LogP contribution in [0.25, 0.3) is 0 Å². The van der Waals surface area contributed by atoms with Crippen LogP contribution in [0.15, 0.2) is 47.4 Å². The van der Waals surface area contributed by atoms with Crippen LogP contribution in [0, 0.1) is 10.1 Å². The maximum absolute atomic E-state index is 11.7. The summed E-state index contributed by atoms with van der Waals surface area (Å²) in [5, 5.41) is 13.8. The van der Waals surface area contributed by atoms with Gasteiger partial charge in [0.15, 0.2) is 0 Å². The largest absolute Gasteiger partial charge is 0.388 e. The van der Waals surface area contributed by atoms with Gasteiger partial charge in [-0.1, -0.05) is 6.07 Å². The van der Waals surface area contributed by atoms with Crippen molar-refractivity contribution in [3.63, 3.8) is 0 Å². The first-order valence-electron chi connectivity index (χ1n) is 5.72. The molecule has 6 heteroatoms. The zero-order valence-electron chi connectivity index (χ0n) is 10.4. The summed E-state index contributed by atoms with van der Waals surface area (Å²) in [6, 6.07) is 9.41. The van der Waals surface area contributed by atoms with Crippen molar-refractivity contribution in [2.75, 3.05) is 12.4 Å². The van der Waals surface area contributed by atoms with Crippen LogP contribution in [-0.2, 0) is 6.54 Å². The Morgan fingerprint density at radius 1 is 1.32 bits per heavy atom. The molecule has 0 aliphatic rings. The summed E-state index contributed by atoms with van der Waals surface area (Å²) < 4.78 is 1.50. The number of nitro benzene ring substituents is 1. The maximum atomic E-state index is 11.7. The van der Waals surface area contributed by atoms with Crippen LogP contribution in [0.3, 0.4) is 0 Å². The number of hydrogen-bond donors (Lipinski definition) is 1. The number of anilines is 1. The van der Waals surface area contributed by atoms with Crippen molar-refractivity contribution in [1.29, 1.82) is 0 Å². The van der Waals surface area contributed by atoms with Gasteiger partial charge in [0.05, 0.1) is 11.5 Å². The van der Waals surface area contributed by atoms with Crippen LogP contribution in [0.5, 0.6) is 0 Å². The molecule has 1 aromatic carbocycles. The van der Waals surface area contributed by atoms with Crippen LogP contribution in [0.4, 0.5) is 11.4 Å². The van der Waals surface area contributed by atoms with E-state index < -0.39 is 4.92 Å². The number of hydrogen-bond acceptors (Lipinski definition) is 4. The molecule has 1 aromatic heterocycles. The van der Waals surface area contributed by atoms with Gasteiger partial charge in [0.2, 0.25) is 0 Å². The van der Waals surface area contributed by atoms with E-state index >= 15 is 0 Å². The van der Waals surface area contributed by atoms with Gasteiger partial charge in [-0.2, -0.15) is 0 Å². The number of pyridine rings is 1. The van der Waals surface area contributed by atoms with Crippen molar-refractivity contribution in [1.82, 2.24) is 4.57 Å². The Bertz CT molecular complexity index is 664. The topological polar surface area (TPSA) is 77.2 Å². The van der Waals surface area contributed by atoms with E-state index in [0.29, 0.717) is 5.56 Å². The molecule has 19 heavy (non-hydrogen) atoms. The molecule has 0 saturated heterocycles. The molecule has 0 spiro atoms. The summed E-state index contributed by atoms with van der Waals surface area (Å²) in [5.41, 5.74) is 1.33. The molecule has 0 radical (unpaired) electrons. The van der Waals surface area contributed by atoms with Crippen molar-refractivity contribution < 1.29 is 4.92 Å². The molecular formula is C13H13N3O3. The van der Waals surface area contributed by atoms with E-state index in [-0.39, 0.29) is 17.8 Å². The third-order valence-electron chi connectivity index (χ3n) is 2.81.